The SMILES string of the molecule is NCl.NCl.NCl.NCl.NCl.[Rh]. The fourth-order valence-electron chi connectivity index (χ4n) is 0. The molecule has 0 unspecified atom stereocenters. The van der Waals surface area contributed by atoms with E-state index in [1.807, 2.05) is 0 Å². The van der Waals surface area contributed by atoms with Crippen LogP contribution >= 0.6 is 58.9 Å². The Hall–Kier alpha value is 1.87. The fourth-order valence-corrected chi connectivity index (χ4v) is 0. The smallest absolute Gasteiger partial charge is 0 e. The number of nitrogens with two attached hydrogens (primary N) is 5. The first-order valence-corrected chi connectivity index (χ1v) is 3.27. The number of rotatable bonds is 0. The van der Waals surface area contributed by atoms with Crippen LogP contribution in [0, 0.1) is 0 Å². The van der Waals surface area contributed by atoms with E-state index in [0.29, 0.717) is 0 Å². The first-order chi connectivity index (χ1) is 5.00. The summed E-state index contributed by atoms with van der Waals surface area (Å²) in [5.74, 6) is 0. The minimum absolute atomic E-state index is 0. The van der Waals surface area contributed by atoms with E-state index in [1.165, 1.54) is 0 Å². The van der Waals surface area contributed by atoms with Crippen LogP contribution in [0.15, 0.2) is 0 Å². The third kappa shape index (κ3) is 330. The summed E-state index contributed by atoms with van der Waals surface area (Å²) in [6.45, 7) is 0. The molecule has 0 amide bonds. The minimum atomic E-state index is 0. The van der Waals surface area contributed by atoms with E-state index < -0.39 is 0 Å². The van der Waals surface area contributed by atoms with Crippen molar-refractivity contribution in [1.82, 2.24) is 0 Å². The largest absolute Gasteiger partial charge is 0.247 e. The maximum absolute atomic E-state index is 4.14. The molecule has 0 saturated carbocycles. The van der Waals surface area contributed by atoms with Gasteiger partial charge in [0, 0.05) is 19.5 Å². The molecular weight excluding hydrogens is 350 g/mol. The standard InChI is InChI=1S/5ClH2N.Rh/c5*1-2;/h5*2H2;. The summed E-state index contributed by atoms with van der Waals surface area (Å²) >= 11 is 20.7. The van der Waals surface area contributed by atoms with Crippen LogP contribution in [0.1, 0.15) is 0 Å². The van der Waals surface area contributed by atoms with Gasteiger partial charge in [0.1, 0.15) is 0 Å². The van der Waals surface area contributed by atoms with Gasteiger partial charge in [0.2, 0.25) is 0 Å². The molecule has 0 fully saturated rings. The van der Waals surface area contributed by atoms with Gasteiger partial charge in [0.25, 0.3) is 0 Å². The first kappa shape index (κ1) is 38.4. The summed E-state index contributed by atoms with van der Waals surface area (Å²) in [5, 5.41) is 19.9. The Balaban J connectivity index is -0.00000000694. The Labute approximate surface area is 104 Å². The molecule has 11 heteroatoms. The normalized spacial score (nSPS) is 2.73. The van der Waals surface area contributed by atoms with Gasteiger partial charge in [-0.1, -0.05) is 0 Å². The third-order valence-corrected chi connectivity index (χ3v) is 0. The van der Waals surface area contributed by atoms with Crippen LogP contribution in [0.2, 0.25) is 0 Å². The van der Waals surface area contributed by atoms with Crippen molar-refractivity contribution in [1.29, 1.82) is 0 Å². The average molecular weight is 360 g/mol. The van der Waals surface area contributed by atoms with Crippen molar-refractivity contribution in [3.8, 4) is 0 Å². The molecule has 0 heterocycles. The van der Waals surface area contributed by atoms with Crippen LogP contribution in [0.3, 0.4) is 0 Å². The summed E-state index contributed by atoms with van der Waals surface area (Å²) in [6.07, 6.45) is 0. The summed E-state index contributed by atoms with van der Waals surface area (Å²) in [4.78, 5) is 0. The van der Waals surface area contributed by atoms with Crippen molar-refractivity contribution in [3.05, 3.63) is 0 Å². The Morgan fingerprint density at radius 1 is 0.364 bits per heavy atom. The summed E-state index contributed by atoms with van der Waals surface area (Å²) < 4.78 is 0. The third-order valence-electron chi connectivity index (χ3n) is 0. The average Bonchev–Trinajstić information content (AvgIpc) is 2.20. The topological polar surface area (TPSA) is 130 Å². The van der Waals surface area contributed by atoms with Gasteiger partial charge < -0.3 is 0 Å². The zero-order valence-electron chi connectivity index (χ0n) is 5.11. The van der Waals surface area contributed by atoms with Gasteiger partial charge in [-0.3, -0.25) is 0 Å². The molecule has 0 atom stereocenters. The monoisotopic (exact) mass is 358 g/mol. The molecule has 0 aliphatic rings. The molecule has 0 aliphatic carbocycles. The second kappa shape index (κ2) is 400. The van der Waals surface area contributed by atoms with Crippen molar-refractivity contribution in [3.63, 3.8) is 0 Å². The quantitative estimate of drug-likeness (QED) is 0.317. The molecule has 0 aromatic carbocycles. The number of halogens is 5. The van der Waals surface area contributed by atoms with Crippen LogP contribution in [0.5, 0.6) is 0 Å². The molecule has 0 bridgehead atoms. The van der Waals surface area contributed by atoms with E-state index in [-0.39, 0.29) is 19.5 Å². The van der Waals surface area contributed by atoms with E-state index in [9.17, 15) is 0 Å². The molecular formula is H10Cl5N5Rh. The first-order valence-electron chi connectivity index (χ1n) is 1.09. The van der Waals surface area contributed by atoms with Gasteiger partial charge >= 0.3 is 0 Å². The van der Waals surface area contributed by atoms with E-state index in [1.54, 1.807) is 0 Å². The van der Waals surface area contributed by atoms with Crippen molar-refractivity contribution >= 4 is 58.9 Å². The zero-order chi connectivity index (χ0) is 10.0. The van der Waals surface area contributed by atoms with Crippen LogP contribution in [-0.4, -0.2) is 0 Å². The van der Waals surface area contributed by atoms with Crippen molar-refractivity contribution in [2.45, 2.75) is 0 Å². The van der Waals surface area contributed by atoms with Crippen LogP contribution in [-0.2, 0) is 19.5 Å². The van der Waals surface area contributed by atoms with Gasteiger partial charge in [0.15, 0.2) is 0 Å². The van der Waals surface area contributed by atoms with Gasteiger partial charge in [-0.2, -0.15) is 0 Å². The zero-order valence-corrected chi connectivity index (χ0v) is 10.5. The maximum atomic E-state index is 4.14. The van der Waals surface area contributed by atoms with Crippen LogP contribution in [0.4, 0.5) is 0 Å². The predicted octanol–water partition coefficient (Wildman–Crippen LogP) is 0.492. The predicted molar refractivity (Wildman–Crippen MR) is 50.2 cm³/mol. The van der Waals surface area contributed by atoms with E-state index >= 15 is 0 Å². The van der Waals surface area contributed by atoms with Crippen molar-refractivity contribution in [2.24, 2.45) is 26.3 Å². The summed E-state index contributed by atoms with van der Waals surface area (Å²) in [7, 11) is 0. The summed E-state index contributed by atoms with van der Waals surface area (Å²) in [5.41, 5.74) is 0. The second-order valence-corrected chi connectivity index (χ2v) is 0. The maximum Gasteiger partial charge on any atom is 0 e. The summed E-state index contributed by atoms with van der Waals surface area (Å²) in [6, 6.07) is 0. The molecule has 10 N–H and O–H groups in total. The molecule has 11 heavy (non-hydrogen) atoms. The second-order valence-electron chi connectivity index (χ2n) is 0. The van der Waals surface area contributed by atoms with Gasteiger partial charge in [0.05, 0.1) is 0 Å². The molecule has 0 aromatic heterocycles. The van der Waals surface area contributed by atoms with E-state index in [2.05, 4.69) is 85.1 Å². The molecule has 0 rings (SSSR count). The number of hydrogen-bond acceptors (Lipinski definition) is 5. The molecule has 0 spiro atoms. The van der Waals surface area contributed by atoms with Crippen molar-refractivity contribution in [2.75, 3.05) is 0 Å². The molecule has 0 aromatic rings. The van der Waals surface area contributed by atoms with Gasteiger partial charge in [-0.25, -0.2) is 26.3 Å². The Bertz CT molecular complexity index is 14.8. The fraction of sp³-hybridized carbons (Fsp3) is 0. The molecule has 5 nitrogen and oxygen atoms in total. The Morgan fingerprint density at radius 3 is 0.364 bits per heavy atom. The molecule has 1 radical (unpaired) electrons. The van der Waals surface area contributed by atoms with Crippen LogP contribution in [0.25, 0.3) is 0 Å². The number of hydrogen-bond donors (Lipinski definition) is 5. The molecule has 0 aliphatic heterocycles. The van der Waals surface area contributed by atoms with Crippen molar-refractivity contribution < 1.29 is 19.5 Å². The Kier molecular flexibility index (Phi) is 1400. The molecule has 79 valence electrons. The van der Waals surface area contributed by atoms with E-state index in [0.717, 1.165) is 0 Å². The van der Waals surface area contributed by atoms with E-state index in [4.69, 9.17) is 0 Å². The van der Waals surface area contributed by atoms with Crippen LogP contribution < -0.4 is 26.3 Å². The van der Waals surface area contributed by atoms with Gasteiger partial charge in [-0.05, 0) is 58.9 Å². The van der Waals surface area contributed by atoms with Gasteiger partial charge in [-0.15, -0.1) is 0 Å². The Morgan fingerprint density at radius 2 is 0.364 bits per heavy atom. The molecule has 0 saturated heterocycles. The minimum Gasteiger partial charge on any atom is -0.247 e.